The van der Waals surface area contributed by atoms with Crippen LogP contribution < -0.4 is 14.8 Å². The zero-order valence-corrected chi connectivity index (χ0v) is 13.9. The van der Waals surface area contributed by atoms with E-state index in [0.29, 0.717) is 13.0 Å². The summed E-state index contributed by atoms with van der Waals surface area (Å²) in [6.45, 7) is -0.254. The van der Waals surface area contributed by atoms with Gasteiger partial charge in [-0.15, -0.1) is 0 Å². The summed E-state index contributed by atoms with van der Waals surface area (Å²) in [5.41, 5.74) is 2.80. The van der Waals surface area contributed by atoms with Crippen LogP contribution in [-0.4, -0.2) is 34.9 Å². The molecule has 2 heterocycles. The van der Waals surface area contributed by atoms with E-state index in [1.54, 1.807) is 16.6 Å². The fourth-order valence-electron chi connectivity index (χ4n) is 2.58. The third kappa shape index (κ3) is 3.96. The molecule has 0 unspecified atom stereocenters. The normalized spacial score (nSPS) is 11.1. The lowest BCUT2D eigenvalue weighted by atomic mass is 10.1. The van der Waals surface area contributed by atoms with Crippen molar-refractivity contribution >= 4 is 11.5 Å². The van der Waals surface area contributed by atoms with Crippen molar-refractivity contribution in [1.29, 1.82) is 0 Å². The minimum Gasteiger partial charge on any atom is -0.493 e. The van der Waals surface area contributed by atoms with Crippen molar-refractivity contribution < 1.29 is 18.3 Å². The number of benzene rings is 1. The summed E-state index contributed by atoms with van der Waals surface area (Å²) in [5.74, 6) is 1.15. The number of nitrogens with one attached hydrogen (secondary N) is 1. The number of fused-ring (bicyclic) bond motifs is 1. The van der Waals surface area contributed by atoms with Crippen LogP contribution in [0, 0.1) is 6.92 Å². The molecule has 0 bridgehead atoms. The first-order chi connectivity index (χ1) is 12.1. The summed E-state index contributed by atoms with van der Waals surface area (Å²) in [6.07, 6.45) is 2.18. The highest BCUT2D eigenvalue weighted by atomic mass is 19.3. The molecule has 0 spiro atoms. The molecule has 1 aromatic carbocycles. The average molecular weight is 348 g/mol. The Morgan fingerprint density at radius 1 is 1.20 bits per heavy atom. The standard InChI is InChI=1S/C17H18F2N4O2/c1-11-7-15(23-16(8-11)21-10-22-23)20-6-5-12-3-4-13(25-17(18)19)14(9-12)24-2/h3-4,7-10,17,20H,5-6H2,1-2H3. The number of nitrogens with zero attached hydrogens (tertiary/aromatic N) is 3. The molecular weight excluding hydrogens is 330 g/mol. The van der Waals surface area contributed by atoms with Crippen molar-refractivity contribution in [3.8, 4) is 11.5 Å². The third-order valence-corrected chi connectivity index (χ3v) is 3.69. The van der Waals surface area contributed by atoms with E-state index in [1.165, 1.54) is 19.5 Å². The van der Waals surface area contributed by atoms with Gasteiger partial charge in [0.05, 0.1) is 7.11 Å². The Morgan fingerprint density at radius 2 is 2.04 bits per heavy atom. The Morgan fingerprint density at radius 3 is 2.80 bits per heavy atom. The first-order valence-electron chi connectivity index (χ1n) is 7.73. The van der Waals surface area contributed by atoms with Crippen molar-refractivity contribution in [2.45, 2.75) is 20.0 Å². The fourth-order valence-corrected chi connectivity index (χ4v) is 2.58. The predicted octanol–water partition coefficient (Wildman–Crippen LogP) is 3.30. The van der Waals surface area contributed by atoms with Crippen LogP contribution in [0.1, 0.15) is 11.1 Å². The maximum atomic E-state index is 12.4. The summed E-state index contributed by atoms with van der Waals surface area (Å²) in [5, 5.41) is 7.50. The zero-order chi connectivity index (χ0) is 17.8. The number of halogens is 2. The van der Waals surface area contributed by atoms with Gasteiger partial charge in [-0.05, 0) is 48.7 Å². The second-order valence-electron chi connectivity index (χ2n) is 5.49. The number of methoxy groups -OCH3 is 1. The van der Waals surface area contributed by atoms with Gasteiger partial charge in [0.25, 0.3) is 0 Å². The van der Waals surface area contributed by atoms with Gasteiger partial charge >= 0.3 is 6.61 Å². The number of aromatic nitrogens is 3. The van der Waals surface area contributed by atoms with Gasteiger partial charge in [-0.2, -0.15) is 18.4 Å². The summed E-state index contributed by atoms with van der Waals surface area (Å²) >= 11 is 0. The van der Waals surface area contributed by atoms with Gasteiger partial charge in [0.2, 0.25) is 0 Å². The van der Waals surface area contributed by atoms with Gasteiger partial charge in [-0.1, -0.05) is 6.07 Å². The molecule has 0 aliphatic carbocycles. The fraction of sp³-hybridized carbons (Fsp3) is 0.294. The minimum absolute atomic E-state index is 0.0252. The summed E-state index contributed by atoms with van der Waals surface area (Å²) < 4.78 is 36.0. The first kappa shape index (κ1) is 16.9. The maximum Gasteiger partial charge on any atom is 0.387 e. The van der Waals surface area contributed by atoms with Gasteiger partial charge < -0.3 is 14.8 Å². The molecule has 0 saturated carbocycles. The Labute approximate surface area is 143 Å². The Balaban J connectivity index is 1.68. The van der Waals surface area contributed by atoms with Crippen molar-refractivity contribution in [2.75, 3.05) is 19.0 Å². The molecular formula is C17H18F2N4O2. The number of hydrogen-bond donors (Lipinski definition) is 1. The molecule has 132 valence electrons. The Hall–Kier alpha value is -2.90. The maximum absolute atomic E-state index is 12.4. The van der Waals surface area contributed by atoms with Gasteiger partial charge in [-0.3, -0.25) is 0 Å². The molecule has 0 amide bonds. The molecule has 2 aromatic heterocycles. The highest BCUT2D eigenvalue weighted by molar-refractivity contribution is 5.51. The van der Waals surface area contributed by atoms with Gasteiger partial charge in [0.1, 0.15) is 12.1 Å². The molecule has 0 atom stereocenters. The summed E-state index contributed by atoms with van der Waals surface area (Å²) in [7, 11) is 1.42. The van der Waals surface area contributed by atoms with Crippen molar-refractivity contribution in [1.82, 2.24) is 14.6 Å². The van der Waals surface area contributed by atoms with Crippen LogP contribution in [0.3, 0.4) is 0 Å². The Bertz CT molecular complexity index is 867. The molecule has 8 heteroatoms. The molecule has 0 fully saturated rings. The molecule has 0 saturated heterocycles. The molecule has 0 aliphatic rings. The van der Waals surface area contributed by atoms with E-state index in [4.69, 9.17) is 4.74 Å². The van der Waals surface area contributed by atoms with E-state index in [0.717, 1.165) is 22.6 Å². The highest BCUT2D eigenvalue weighted by Crippen LogP contribution is 2.29. The van der Waals surface area contributed by atoms with Crippen molar-refractivity contribution in [3.63, 3.8) is 0 Å². The Kier molecular flexibility index (Phi) is 4.97. The SMILES string of the molecule is COc1cc(CCNc2cc(C)cc3ncnn23)ccc1OC(F)F. The smallest absolute Gasteiger partial charge is 0.387 e. The average Bonchev–Trinajstić information content (AvgIpc) is 3.03. The third-order valence-electron chi connectivity index (χ3n) is 3.69. The lowest BCUT2D eigenvalue weighted by molar-refractivity contribution is -0.0512. The lowest BCUT2D eigenvalue weighted by Crippen LogP contribution is -2.09. The molecule has 3 aromatic rings. The number of ether oxygens (including phenoxy) is 2. The van der Waals surface area contributed by atoms with Crippen molar-refractivity contribution in [3.05, 3.63) is 47.8 Å². The molecule has 6 nitrogen and oxygen atoms in total. The quantitative estimate of drug-likeness (QED) is 0.710. The first-order valence-corrected chi connectivity index (χ1v) is 7.73. The molecule has 0 aliphatic heterocycles. The summed E-state index contributed by atoms with van der Waals surface area (Å²) in [6, 6.07) is 8.86. The molecule has 3 rings (SSSR count). The van der Waals surface area contributed by atoms with E-state index in [1.807, 2.05) is 19.1 Å². The van der Waals surface area contributed by atoms with E-state index < -0.39 is 6.61 Å². The second kappa shape index (κ2) is 7.33. The highest BCUT2D eigenvalue weighted by Gasteiger charge is 2.11. The van der Waals surface area contributed by atoms with Crippen LogP contribution in [0.4, 0.5) is 14.6 Å². The van der Waals surface area contributed by atoms with E-state index >= 15 is 0 Å². The van der Waals surface area contributed by atoms with Gasteiger partial charge in [0, 0.05) is 6.54 Å². The van der Waals surface area contributed by atoms with Crippen LogP contribution in [0.15, 0.2) is 36.7 Å². The summed E-state index contributed by atoms with van der Waals surface area (Å²) in [4.78, 5) is 4.18. The van der Waals surface area contributed by atoms with Crippen LogP contribution in [0.25, 0.3) is 5.65 Å². The van der Waals surface area contributed by atoms with Crippen LogP contribution in [0.5, 0.6) is 11.5 Å². The van der Waals surface area contributed by atoms with E-state index in [-0.39, 0.29) is 11.5 Å². The van der Waals surface area contributed by atoms with Crippen LogP contribution in [-0.2, 0) is 6.42 Å². The number of pyridine rings is 1. The van der Waals surface area contributed by atoms with Crippen molar-refractivity contribution in [2.24, 2.45) is 0 Å². The van der Waals surface area contributed by atoms with Gasteiger partial charge in [-0.25, -0.2) is 4.98 Å². The van der Waals surface area contributed by atoms with E-state index in [9.17, 15) is 8.78 Å². The lowest BCUT2D eigenvalue weighted by Gasteiger charge is -2.12. The van der Waals surface area contributed by atoms with Gasteiger partial charge in [0.15, 0.2) is 17.1 Å². The second-order valence-corrected chi connectivity index (χ2v) is 5.49. The van der Waals surface area contributed by atoms with E-state index in [2.05, 4.69) is 20.1 Å². The number of hydrogen-bond acceptors (Lipinski definition) is 5. The minimum atomic E-state index is -2.88. The molecule has 25 heavy (non-hydrogen) atoms. The topological polar surface area (TPSA) is 60.7 Å². The van der Waals surface area contributed by atoms with Crippen LogP contribution >= 0.6 is 0 Å². The number of alkyl halides is 2. The predicted molar refractivity (Wildman–Crippen MR) is 89.5 cm³/mol. The zero-order valence-electron chi connectivity index (χ0n) is 13.9. The largest absolute Gasteiger partial charge is 0.493 e. The molecule has 1 N–H and O–H groups in total. The number of rotatable bonds is 7. The number of aryl methyl sites for hydroxylation is 1. The monoisotopic (exact) mass is 348 g/mol. The molecule has 0 radical (unpaired) electrons. The van der Waals surface area contributed by atoms with Crippen LogP contribution in [0.2, 0.25) is 0 Å². The number of anilines is 1.